The maximum absolute atomic E-state index is 11.9. The zero-order valence-corrected chi connectivity index (χ0v) is 14.1. The van der Waals surface area contributed by atoms with Gasteiger partial charge in [0.15, 0.2) is 0 Å². The van der Waals surface area contributed by atoms with E-state index in [2.05, 4.69) is 10.8 Å². The van der Waals surface area contributed by atoms with Crippen LogP contribution in [0.3, 0.4) is 0 Å². The third-order valence-electron chi connectivity index (χ3n) is 3.07. The molecule has 0 spiro atoms. The number of hydrogen-bond acceptors (Lipinski definition) is 5. The minimum absolute atomic E-state index is 0.300. The first-order valence-electron chi connectivity index (χ1n) is 7.02. The van der Waals surface area contributed by atoms with Crippen molar-refractivity contribution in [3.05, 3.63) is 54.1 Å². The van der Waals surface area contributed by atoms with Gasteiger partial charge in [0.25, 0.3) is 0 Å². The van der Waals surface area contributed by atoms with E-state index in [1.807, 2.05) is 12.1 Å². The predicted octanol–water partition coefficient (Wildman–Crippen LogP) is 2.16. The molecule has 24 heavy (non-hydrogen) atoms. The number of ether oxygens (including phenoxy) is 2. The third kappa shape index (κ3) is 5.25. The first kappa shape index (κ1) is 17.8. The molecule has 0 heterocycles. The van der Waals surface area contributed by atoms with Gasteiger partial charge in [-0.25, -0.2) is 14.5 Å². The van der Waals surface area contributed by atoms with Crippen molar-refractivity contribution in [3.63, 3.8) is 0 Å². The first-order chi connectivity index (χ1) is 11.6. The lowest BCUT2D eigenvalue weighted by Crippen LogP contribution is -2.35. The van der Waals surface area contributed by atoms with Crippen molar-refractivity contribution in [2.75, 3.05) is 14.2 Å². The number of nitrogens with one attached hydrogen (secondary N) is 2. The van der Waals surface area contributed by atoms with Crippen molar-refractivity contribution in [3.8, 4) is 11.5 Å². The van der Waals surface area contributed by atoms with Crippen LogP contribution in [0.1, 0.15) is 5.56 Å². The van der Waals surface area contributed by atoms with Crippen LogP contribution in [0.25, 0.3) is 0 Å². The summed E-state index contributed by atoms with van der Waals surface area (Å²) in [6.07, 6.45) is 0. The summed E-state index contributed by atoms with van der Waals surface area (Å²) in [5, 5.41) is 2.59. The molecule has 0 aliphatic heterocycles. The minimum atomic E-state index is -1.81. The molecule has 0 bridgehead atoms. The van der Waals surface area contributed by atoms with Gasteiger partial charge in [0, 0.05) is 6.54 Å². The van der Waals surface area contributed by atoms with Gasteiger partial charge in [-0.15, -0.1) is 0 Å². The Kier molecular flexibility index (Phi) is 6.59. The molecule has 2 aromatic rings. The molecule has 0 aliphatic carbocycles. The quantitative estimate of drug-likeness (QED) is 0.748. The summed E-state index contributed by atoms with van der Waals surface area (Å²) in [5.74, 6) is 1.38. The molecule has 128 valence electrons. The Labute approximate surface area is 142 Å². The summed E-state index contributed by atoms with van der Waals surface area (Å²) in [4.78, 5) is 12.1. The third-order valence-corrected chi connectivity index (χ3v) is 3.97. The highest BCUT2D eigenvalue weighted by Gasteiger charge is 2.08. The van der Waals surface area contributed by atoms with E-state index in [9.17, 15) is 9.00 Å². The second-order valence-corrected chi connectivity index (χ2v) is 5.73. The fourth-order valence-corrected chi connectivity index (χ4v) is 2.38. The molecule has 2 rings (SSSR count). The van der Waals surface area contributed by atoms with Gasteiger partial charge >= 0.3 is 6.03 Å². The number of rotatable bonds is 7. The van der Waals surface area contributed by atoms with Crippen LogP contribution in [-0.4, -0.2) is 24.5 Å². The molecule has 2 N–H and O–H groups in total. The Morgan fingerprint density at radius 1 is 0.958 bits per heavy atom. The molecule has 0 aliphatic rings. The Hall–Kier alpha value is -2.58. The van der Waals surface area contributed by atoms with Crippen molar-refractivity contribution in [2.24, 2.45) is 0 Å². The molecule has 1 atom stereocenters. The van der Waals surface area contributed by atoms with E-state index in [0.29, 0.717) is 17.2 Å². The van der Waals surface area contributed by atoms with Gasteiger partial charge in [-0.05, 0) is 42.0 Å². The van der Waals surface area contributed by atoms with Gasteiger partial charge in [-0.2, -0.15) is 4.28 Å². The summed E-state index contributed by atoms with van der Waals surface area (Å²) in [7, 11) is 3.12. The molecule has 2 amide bonds. The summed E-state index contributed by atoms with van der Waals surface area (Å²) in [6, 6.07) is 13.1. The smallest absolute Gasteiger partial charge is 0.340 e. The van der Waals surface area contributed by atoms with Gasteiger partial charge in [0.1, 0.15) is 11.5 Å². The van der Waals surface area contributed by atoms with Gasteiger partial charge in [-0.3, -0.25) is 0 Å². The van der Waals surface area contributed by atoms with Crippen molar-refractivity contribution in [1.29, 1.82) is 0 Å². The summed E-state index contributed by atoms with van der Waals surface area (Å²) >= 11 is -1.81. The van der Waals surface area contributed by atoms with E-state index in [-0.39, 0.29) is 0 Å². The molecule has 0 aromatic heterocycles. The second-order valence-electron chi connectivity index (χ2n) is 4.63. The molecular formula is C16H18N2O5S. The van der Waals surface area contributed by atoms with Crippen LogP contribution in [0, 0.1) is 0 Å². The molecule has 0 saturated carbocycles. The largest absolute Gasteiger partial charge is 0.497 e. The van der Waals surface area contributed by atoms with Crippen LogP contribution in [0.15, 0.2) is 53.4 Å². The predicted molar refractivity (Wildman–Crippen MR) is 88.9 cm³/mol. The second kappa shape index (κ2) is 8.90. The van der Waals surface area contributed by atoms with E-state index in [1.165, 1.54) is 7.11 Å². The van der Waals surface area contributed by atoms with Crippen LogP contribution in [0.5, 0.6) is 11.5 Å². The maximum atomic E-state index is 11.9. The lowest BCUT2D eigenvalue weighted by atomic mass is 10.2. The zero-order valence-electron chi connectivity index (χ0n) is 13.3. The Morgan fingerprint density at radius 3 is 2.04 bits per heavy atom. The Balaban J connectivity index is 1.76. The standard InChI is InChI=1S/C16H18N2O5S/c1-21-13-5-3-12(4-6-13)11-17-16(19)18-23-24(20)15-9-7-14(22-2)8-10-15/h3-10H,11H2,1-2H3,(H2,17,18,19). The minimum Gasteiger partial charge on any atom is -0.497 e. The number of carbonyl (C=O) groups is 1. The number of carbonyl (C=O) groups excluding carboxylic acids is 1. The van der Waals surface area contributed by atoms with Crippen molar-refractivity contribution in [2.45, 2.75) is 11.4 Å². The zero-order chi connectivity index (χ0) is 17.4. The van der Waals surface area contributed by atoms with Crippen molar-refractivity contribution in [1.82, 2.24) is 10.8 Å². The van der Waals surface area contributed by atoms with Crippen LogP contribution in [-0.2, 0) is 21.9 Å². The monoisotopic (exact) mass is 350 g/mol. The maximum Gasteiger partial charge on any atom is 0.340 e. The highest BCUT2D eigenvalue weighted by molar-refractivity contribution is 7.80. The average molecular weight is 350 g/mol. The highest BCUT2D eigenvalue weighted by Crippen LogP contribution is 2.14. The molecule has 2 aromatic carbocycles. The fraction of sp³-hybridized carbons (Fsp3) is 0.188. The fourth-order valence-electron chi connectivity index (χ4n) is 1.77. The Morgan fingerprint density at radius 2 is 1.50 bits per heavy atom. The van der Waals surface area contributed by atoms with Crippen LogP contribution in [0.2, 0.25) is 0 Å². The van der Waals surface area contributed by atoms with E-state index < -0.39 is 17.1 Å². The van der Waals surface area contributed by atoms with E-state index in [1.54, 1.807) is 43.5 Å². The first-order valence-corrected chi connectivity index (χ1v) is 8.10. The molecule has 7 nitrogen and oxygen atoms in total. The molecule has 8 heteroatoms. The van der Waals surface area contributed by atoms with Gasteiger partial charge in [0.05, 0.1) is 19.1 Å². The van der Waals surface area contributed by atoms with Crippen LogP contribution < -0.4 is 20.3 Å². The number of hydrogen-bond donors (Lipinski definition) is 2. The van der Waals surface area contributed by atoms with Crippen molar-refractivity contribution < 1.29 is 22.8 Å². The van der Waals surface area contributed by atoms with Crippen LogP contribution >= 0.6 is 0 Å². The van der Waals surface area contributed by atoms with Gasteiger partial charge < -0.3 is 14.8 Å². The van der Waals surface area contributed by atoms with E-state index in [4.69, 9.17) is 13.8 Å². The van der Waals surface area contributed by atoms with Gasteiger partial charge in [0.2, 0.25) is 11.1 Å². The average Bonchev–Trinajstić information content (AvgIpc) is 2.64. The normalized spacial score (nSPS) is 11.4. The Bertz CT molecular complexity index is 689. The lowest BCUT2D eigenvalue weighted by molar-refractivity contribution is 0.188. The molecule has 0 radical (unpaired) electrons. The topological polar surface area (TPSA) is 85.9 Å². The number of urea groups is 1. The molecule has 1 unspecified atom stereocenters. The summed E-state index contributed by atoms with van der Waals surface area (Å²) in [6.45, 7) is 0.300. The number of hydroxylamine groups is 1. The summed E-state index contributed by atoms with van der Waals surface area (Å²) in [5.41, 5.74) is 2.99. The number of benzene rings is 2. The molecule has 0 saturated heterocycles. The number of methoxy groups -OCH3 is 2. The van der Waals surface area contributed by atoms with Gasteiger partial charge in [-0.1, -0.05) is 12.1 Å². The highest BCUT2D eigenvalue weighted by atomic mass is 32.2. The number of amides is 2. The molecular weight excluding hydrogens is 332 g/mol. The van der Waals surface area contributed by atoms with Crippen molar-refractivity contribution >= 4 is 17.1 Å². The van der Waals surface area contributed by atoms with E-state index >= 15 is 0 Å². The SMILES string of the molecule is COc1ccc(CNC(=O)NOS(=O)c2ccc(OC)cc2)cc1. The van der Waals surface area contributed by atoms with E-state index in [0.717, 1.165) is 11.3 Å². The lowest BCUT2D eigenvalue weighted by Gasteiger charge is -2.08. The summed E-state index contributed by atoms with van der Waals surface area (Å²) < 4.78 is 26.8. The molecule has 0 fully saturated rings. The van der Waals surface area contributed by atoms with Crippen LogP contribution in [0.4, 0.5) is 4.79 Å².